The molecule has 0 spiro atoms. The van der Waals surface area contributed by atoms with Crippen LogP contribution in [0, 0.1) is 0 Å². The standard InChI is InChI=1S/C17H17N3O4/c21-16(12-2-3-14-15(10-12)23-11-22-14)20-8-4-13(5-9-20)24-17-18-6-1-7-19-17/h1-3,6-7,10,13H,4-5,8-9,11H2. The molecule has 0 N–H and O–H groups in total. The van der Waals surface area contributed by atoms with Gasteiger partial charge < -0.3 is 19.1 Å². The molecule has 124 valence electrons. The molecule has 0 aliphatic carbocycles. The van der Waals surface area contributed by atoms with Crippen molar-refractivity contribution >= 4 is 5.91 Å². The lowest BCUT2D eigenvalue weighted by molar-refractivity contribution is 0.0578. The van der Waals surface area contributed by atoms with Crippen molar-refractivity contribution in [1.82, 2.24) is 14.9 Å². The smallest absolute Gasteiger partial charge is 0.316 e. The molecule has 2 aromatic rings. The number of benzene rings is 1. The summed E-state index contributed by atoms with van der Waals surface area (Å²) < 4.78 is 16.4. The number of hydrogen-bond donors (Lipinski definition) is 0. The molecule has 3 heterocycles. The number of likely N-dealkylation sites (tertiary alicyclic amines) is 1. The third-order valence-corrected chi connectivity index (χ3v) is 4.16. The van der Waals surface area contributed by atoms with Crippen LogP contribution < -0.4 is 14.2 Å². The number of nitrogens with zero attached hydrogens (tertiary/aromatic N) is 3. The molecular formula is C17H17N3O4. The molecule has 1 saturated heterocycles. The van der Waals surface area contributed by atoms with E-state index in [2.05, 4.69) is 9.97 Å². The fraction of sp³-hybridized carbons (Fsp3) is 0.353. The molecule has 1 amide bonds. The van der Waals surface area contributed by atoms with E-state index in [9.17, 15) is 4.79 Å². The second-order valence-electron chi connectivity index (χ2n) is 5.71. The van der Waals surface area contributed by atoms with E-state index < -0.39 is 0 Å². The van der Waals surface area contributed by atoms with Crippen LogP contribution in [0.5, 0.6) is 17.5 Å². The van der Waals surface area contributed by atoms with Gasteiger partial charge in [0.05, 0.1) is 0 Å². The Morgan fingerprint density at radius 3 is 2.67 bits per heavy atom. The van der Waals surface area contributed by atoms with Crippen molar-refractivity contribution in [2.45, 2.75) is 18.9 Å². The fourth-order valence-electron chi connectivity index (χ4n) is 2.88. The number of rotatable bonds is 3. The number of fused-ring (bicyclic) bond motifs is 1. The van der Waals surface area contributed by atoms with Crippen molar-refractivity contribution < 1.29 is 19.0 Å². The fourth-order valence-corrected chi connectivity index (χ4v) is 2.88. The minimum Gasteiger partial charge on any atom is -0.460 e. The number of carbonyl (C=O) groups is 1. The number of ether oxygens (including phenoxy) is 3. The highest BCUT2D eigenvalue weighted by Gasteiger charge is 2.26. The Labute approximate surface area is 139 Å². The summed E-state index contributed by atoms with van der Waals surface area (Å²) in [6.45, 7) is 1.49. The van der Waals surface area contributed by atoms with E-state index in [0.717, 1.165) is 12.8 Å². The third-order valence-electron chi connectivity index (χ3n) is 4.16. The summed E-state index contributed by atoms with van der Waals surface area (Å²) in [7, 11) is 0. The molecule has 7 heteroatoms. The maximum atomic E-state index is 12.6. The maximum absolute atomic E-state index is 12.6. The van der Waals surface area contributed by atoms with Crippen LogP contribution in [0.4, 0.5) is 0 Å². The zero-order chi connectivity index (χ0) is 16.4. The first-order chi connectivity index (χ1) is 11.8. The van der Waals surface area contributed by atoms with E-state index in [1.807, 2.05) is 4.90 Å². The van der Waals surface area contributed by atoms with E-state index in [1.54, 1.807) is 36.7 Å². The molecule has 1 aromatic heterocycles. The van der Waals surface area contributed by atoms with Crippen molar-refractivity contribution in [1.29, 1.82) is 0 Å². The first-order valence-corrected chi connectivity index (χ1v) is 7.92. The predicted molar refractivity (Wildman–Crippen MR) is 84.2 cm³/mol. The van der Waals surface area contributed by atoms with E-state index in [4.69, 9.17) is 14.2 Å². The van der Waals surface area contributed by atoms with Gasteiger partial charge in [0.2, 0.25) is 6.79 Å². The number of amides is 1. The summed E-state index contributed by atoms with van der Waals surface area (Å²) in [6, 6.07) is 7.43. The quantitative estimate of drug-likeness (QED) is 0.857. The van der Waals surface area contributed by atoms with Crippen LogP contribution in [0.1, 0.15) is 23.2 Å². The van der Waals surface area contributed by atoms with Gasteiger partial charge in [-0.05, 0) is 24.3 Å². The first-order valence-electron chi connectivity index (χ1n) is 7.92. The molecule has 24 heavy (non-hydrogen) atoms. The highest BCUT2D eigenvalue weighted by molar-refractivity contribution is 5.95. The van der Waals surface area contributed by atoms with Gasteiger partial charge in [0, 0.05) is 43.9 Å². The Hall–Kier alpha value is -2.83. The number of aromatic nitrogens is 2. The molecule has 1 aromatic carbocycles. The van der Waals surface area contributed by atoms with E-state index in [-0.39, 0.29) is 18.8 Å². The van der Waals surface area contributed by atoms with Gasteiger partial charge in [0.15, 0.2) is 11.5 Å². The zero-order valence-electron chi connectivity index (χ0n) is 13.1. The second kappa shape index (κ2) is 6.35. The van der Waals surface area contributed by atoms with Gasteiger partial charge in [-0.2, -0.15) is 0 Å². The summed E-state index contributed by atoms with van der Waals surface area (Å²) in [6.07, 6.45) is 4.86. The SMILES string of the molecule is O=C(c1ccc2c(c1)OCO2)N1CCC(Oc2ncccn2)CC1. The van der Waals surface area contributed by atoms with Crippen LogP contribution in [-0.4, -0.2) is 46.8 Å². The molecule has 0 atom stereocenters. The Morgan fingerprint density at radius 2 is 1.88 bits per heavy atom. The molecule has 0 unspecified atom stereocenters. The minimum atomic E-state index is 0.00251. The van der Waals surface area contributed by atoms with Gasteiger partial charge in [-0.3, -0.25) is 4.79 Å². The summed E-state index contributed by atoms with van der Waals surface area (Å²) in [5, 5.41) is 0. The Kier molecular flexibility index (Phi) is 3.90. The lowest BCUT2D eigenvalue weighted by atomic mass is 10.1. The van der Waals surface area contributed by atoms with Crippen molar-refractivity contribution in [3.63, 3.8) is 0 Å². The first kappa shape index (κ1) is 14.7. The van der Waals surface area contributed by atoms with Crippen molar-refractivity contribution in [2.24, 2.45) is 0 Å². The Morgan fingerprint density at radius 1 is 1.12 bits per heavy atom. The van der Waals surface area contributed by atoms with E-state index in [1.165, 1.54) is 0 Å². The van der Waals surface area contributed by atoms with Crippen molar-refractivity contribution in [3.05, 3.63) is 42.2 Å². The van der Waals surface area contributed by atoms with E-state index >= 15 is 0 Å². The van der Waals surface area contributed by atoms with Gasteiger partial charge >= 0.3 is 6.01 Å². The molecule has 7 nitrogen and oxygen atoms in total. The molecule has 2 aliphatic heterocycles. The largest absolute Gasteiger partial charge is 0.460 e. The van der Waals surface area contributed by atoms with E-state index in [0.29, 0.717) is 36.2 Å². The average molecular weight is 327 g/mol. The summed E-state index contributed by atoms with van der Waals surface area (Å²) in [5.41, 5.74) is 0.616. The van der Waals surface area contributed by atoms with Crippen LogP contribution in [0.15, 0.2) is 36.7 Å². The second-order valence-corrected chi connectivity index (χ2v) is 5.71. The van der Waals surface area contributed by atoms with Crippen LogP contribution >= 0.6 is 0 Å². The van der Waals surface area contributed by atoms with Gasteiger partial charge in [-0.25, -0.2) is 9.97 Å². The monoisotopic (exact) mass is 327 g/mol. The average Bonchev–Trinajstić information content (AvgIpc) is 3.10. The molecule has 0 saturated carbocycles. The number of piperidine rings is 1. The van der Waals surface area contributed by atoms with Gasteiger partial charge in [-0.15, -0.1) is 0 Å². The maximum Gasteiger partial charge on any atom is 0.316 e. The highest BCUT2D eigenvalue weighted by Crippen LogP contribution is 2.33. The highest BCUT2D eigenvalue weighted by atomic mass is 16.7. The lowest BCUT2D eigenvalue weighted by Crippen LogP contribution is -2.41. The lowest BCUT2D eigenvalue weighted by Gasteiger charge is -2.31. The third kappa shape index (κ3) is 2.97. The minimum absolute atomic E-state index is 0.00251. The summed E-state index contributed by atoms with van der Waals surface area (Å²) in [5.74, 6) is 1.31. The zero-order valence-corrected chi connectivity index (χ0v) is 13.1. The molecule has 1 fully saturated rings. The molecule has 2 aliphatic rings. The summed E-state index contributed by atoms with van der Waals surface area (Å²) in [4.78, 5) is 22.6. The predicted octanol–water partition coefficient (Wildman–Crippen LogP) is 1.89. The van der Waals surface area contributed by atoms with Crippen molar-refractivity contribution in [2.75, 3.05) is 19.9 Å². The normalized spacial score (nSPS) is 16.9. The molecule has 0 radical (unpaired) electrons. The Bertz CT molecular complexity index is 730. The van der Waals surface area contributed by atoms with Gasteiger partial charge in [0.25, 0.3) is 5.91 Å². The topological polar surface area (TPSA) is 73.8 Å². The van der Waals surface area contributed by atoms with Crippen LogP contribution in [0.25, 0.3) is 0 Å². The number of carbonyl (C=O) groups excluding carboxylic acids is 1. The Balaban J connectivity index is 1.36. The van der Waals surface area contributed by atoms with Gasteiger partial charge in [-0.1, -0.05) is 0 Å². The summed E-state index contributed by atoms with van der Waals surface area (Å²) >= 11 is 0. The van der Waals surface area contributed by atoms with Crippen LogP contribution in [-0.2, 0) is 0 Å². The van der Waals surface area contributed by atoms with Crippen LogP contribution in [0.3, 0.4) is 0 Å². The number of hydrogen-bond acceptors (Lipinski definition) is 6. The van der Waals surface area contributed by atoms with Crippen molar-refractivity contribution in [3.8, 4) is 17.5 Å². The van der Waals surface area contributed by atoms with Gasteiger partial charge in [0.1, 0.15) is 6.10 Å². The molecule has 0 bridgehead atoms. The molecule has 4 rings (SSSR count). The molecular weight excluding hydrogens is 310 g/mol. The van der Waals surface area contributed by atoms with Crippen LogP contribution in [0.2, 0.25) is 0 Å².